The van der Waals surface area contributed by atoms with Gasteiger partial charge >= 0.3 is 0 Å². The lowest BCUT2D eigenvalue weighted by atomic mass is 10.2. The average Bonchev–Trinajstić information content (AvgIpc) is 2.73. The molecule has 1 amide bonds. The third-order valence-corrected chi connectivity index (χ3v) is 5.67. The molecule has 1 N–H and O–H groups in total. The van der Waals surface area contributed by atoms with E-state index in [0.717, 1.165) is 13.1 Å². The molecule has 1 aliphatic rings. The molecule has 9 heteroatoms. The highest BCUT2D eigenvalue weighted by Gasteiger charge is 2.21. The Kier molecular flexibility index (Phi) is 7.77. The van der Waals surface area contributed by atoms with Gasteiger partial charge in [0.2, 0.25) is 5.91 Å². The van der Waals surface area contributed by atoms with Crippen molar-refractivity contribution in [1.29, 1.82) is 0 Å². The minimum absolute atomic E-state index is 0.164. The van der Waals surface area contributed by atoms with Crippen LogP contribution >= 0.6 is 23.2 Å². The molecule has 1 aliphatic heterocycles. The third kappa shape index (κ3) is 5.55. The molecule has 2 aromatic rings. The monoisotopic (exact) mass is 455 g/mol. The van der Waals surface area contributed by atoms with Crippen LogP contribution in [-0.2, 0) is 11.3 Å². The fraction of sp³-hybridized carbons (Fsp3) is 0.381. The van der Waals surface area contributed by atoms with Crippen molar-refractivity contribution in [3.8, 4) is 11.5 Å². The van der Waals surface area contributed by atoms with Gasteiger partial charge in [0.05, 0.1) is 31.5 Å². The molecular formula is C21H24Cl2FN3O3. The van der Waals surface area contributed by atoms with Crippen molar-refractivity contribution >= 4 is 34.8 Å². The fourth-order valence-corrected chi connectivity index (χ4v) is 3.82. The van der Waals surface area contributed by atoms with Crippen LogP contribution in [0.3, 0.4) is 0 Å². The highest BCUT2D eigenvalue weighted by molar-refractivity contribution is 6.32. The van der Waals surface area contributed by atoms with Crippen molar-refractivity contribution < 1.29 is 18.7 Å². The number of amides is 1. The summed E-state index contributed by atoms with van der Waals surface area (Å²) in [6.07, 6.45) is 0. The van der Waals surface area contributed by atoms with Crippen LogP contribution in [0.2, 0.25) is 10.0 Å². The number of piperazine rings is 1. The number of hydrogen-bond acceptors (Lipinski definition) is 5. The minimum atomic E-state index is -0.295. The Morgan fingerprint density at radius 3 is 2.33 bits per heavy atom. The second-order valence-corrected chi connectivity index (χ2v) is 7.80. The lowest BCUT2D eigenvalue weighted by Gasteiger charge is -2.34. The topological polar surface area (TPSA) is 54.0 Å². The number of carbonyl (C=O) groups excluding carboxylic acids is 1. The quantitative estimate of drug-likeness (QED) is 0.685. The number of nitrogens with one attached hydrogen (secondary N) is 1. The zero-order chi connectivity index (χ0) is 21.7. The van der Waals surface area contributed by atoms with Gasteiger partial charge in [-0.25, -0.2) is 4.39 Å². The van der Waals surface area contributed by atoms with E-state index in [1.165, 1.54) is 20.3 Å². The van der Waals surface area contributed by atoms with Crippen molar-refractivity contribution in [3.05, 3.63) is 51.8 Å². The first-order chi connectivity index (χ1) is 14.4. The van der Waals surface area contributed by atoms with Crippen molar-refractivity contribution in [3.63, 3.8) is 0 Å². The Bertz CT molecular complexity index is 885. The lowest BCUT2D eigenvalue weighted by molar-refractivity contribution is -0.117. The van der Waals surface area contributed by atoms with Gasteiger partial charge in [-0.3, -0.25) is 14.6 Å². The Balaban J connectivity index is 1.53. The van der Waals surface area contributed by atoms with Gasteiger partial charge in [-0.05, 0) is 12.1 Å². The van der Waals surface area contributed by atoms with E-state index >= 15 is 0 Å². The predicted octanol–water partition coefficient (Wildman–Crippen LogP) is 3.91. The van der Waals surface area contributed by atoms with Crippen LogP contribution in [0.1, 0.15) is 5.56 Å². The maximum Gasteiger partial charge on any atom is 0.238 e. The van der Waals surface area contributed by atoms with E-state index in [2.05, 4.69) is 15.1 Å². The number of hydrogen-bond donors (Lipinski definition) is 1. The summed E-state index contributed by atoms with van der Waals surface area (Å²) in [5, 5.41) is 3.69. The summed E-state index contributed by atoms with van der Waals surface area (Å²) in [6.45, 7) is 3.52. The summed E-state index contributed by atoms with van der Waals surface area (Å²) in [5.74, 6) is 0.453. The van der Waals surface area contributed by atoms with Crippen LogP contribution < -0.4 is 14.8 Å². The number of ether oxygens (including phenoxy) is 2. The van der Waals surface area contributed by atoms with E-state index in [4.69, 9.17) is 32.7 Å². The molecule has 0 aliphatic carbocycles. The summed E-state index contributed by atoms with van der Waals surface area (Å²) in [4.78, 5) is 16.7. The number of carbonyl (C=O) groups is 1. The zero-order valence-electron chi connectivity index (χ0n) is 16.9. The zero-order valence-corrected chi connectivity index (χ0v) is 18.4. The van der Waals surface area contributed by atoms with Crippen molar-refractivity contribution in [1.82, 2.24) is 9.80 Å². The Morgan fingerprint density at radius 1 is 1.03 bits per heavy atom. The summed E-state index contributed by atoms with van der Waals surface area (Å²) >= 11 is 12.2. The van der Waals surface area contributed by atoms with Crippen LogP contribution in [0.25, 0.3) is 0 Å². The molecule has 1 heterocycles. The average molecular weight is 456 g/mol. The van der Waals surface area contributed by atoms with Crippen LogP contribution in [0.4, 0.5) is 10.1 Å². The van der Waals surface area contributed by atoms with Crippen LogP contribution in [0.5, 0.6) is 11.5 Å². The highest BCUT2D eigenvalue weighted by atomic mass is 35.5. The summed E-state index contributed by atoms with van der Waals surface area (Å²) in [6, 6.07) is 7.95. The van der Waals surface area contributed by atoms with Gasteiger partial charge in [-0.1, -0.05) is 29.3 Å². The Labute approximate surface area is 185 Å². The smallest absolute Gasteiger partial charge is 0.238 e. The van der Waals surface area contributed by atoms with E-state index in [9.17, 15) is 9.18 Å². The summed E-state index contributed by atoms with van der Waals surface area (Å²) in [5.41, 5.74) is 1.01. The molecule has 1 fully saturated rings. The van der Waals surface area contributed by atoms with Gasteiger partial charge in [0.15, 0.2) is 0 Å². The second-order valence-electron chi connectivity index (χ2n) is 6.99. The largest absolute Gasteiger partial charge is 0.495 e. The number of benzene rings is 2. The van der Waals surface area contributed by atoms with Crippen LogP contribution in [0.15, 0.2) is 30.3 Å². The molecule has 0 aromatic heterocycles. The molecular weight excluding hydrogens is 432 g/mol. The molecule has 0 bridgehead atoms. The third-order valence-electron chi connectivity index (χ3n) is 5.02. The highest BCUT2D eigenvalue weighted by Crippen LogP contribution is 2.35. The van der Waals surface area contributed by atoms with Crippen molar-refractivity contribution in [2.45, 2.75) is 6.54 Å². The molecule has 6 nitrogen and oxygen atoms in total. The van der Waals surface area contributed by atoms with Crippen molar-refractivity contribution in [2.24, 2.45) is 0 Å². The number of methoxy groups -OCH3 is 2. The molecule has 0 radical (unpaired) electrons. The molecule has 2 aromatic carbocycles. The molecule has 1 saturated heterocycles. The van der Waals surface area contributed by atoms with Crippen molar-refractivity contribution in [2.75, 3.05) is 52.3 Å². The molecule has 0 spiro atoms. The van der Waals surface area contributed by atoms with Gasteiger partial charge in [-0.15, -0.1) is 0 Å². The van der Waals surface area contributed by atoms with Gasteiger partial charge in [0.1, 0.15) is 17.3 Å². The van der Waals surface area contributed by atoms with E-state index in [0.29, 0.717) is 52.4 Å². The minimum Gasteiger partial charge on any atom is -0.495 e. The molecule has 0 atom stereocenters. The van der Waals surface area contributed by atoms with E-state index in [-0.39, 0.29) is 18.3 Å². The van der Waals surface area contributed by atoms with E-state index < -0.39 is 0 Å². The standard InChI is InChI=1S/C21H24Cl2FN3O3/c1-29-19-11-18(20(30-2)10-16(19)23)25-21(28)13-27-8-6-26(7-9-27)12-14-15(22)4-3-5-17(14)24/h3-5,10-11H,6-9,12-13H2,1-2H3,(H,25,28). The normalized spacial score (nSPS) is 15.1. The maximum atomic E-state index is 14.0. The first kappa shape index (κ1) is 22.6. The number of halogens is 3. The summed E-state index contributed by atoms with van der Waals surface area (Å²) < 4.78 is 24.5. The number of nitrogens with zero attached hydrogens (tertiary/aromatic N) is 2. The van der Waals surface area contributed by atoms with Gasteiger partial charge in [0, 0.05) is 55.4 Å². The maximum absolute atomic E-state index is 14.0. The lowest BCUT2D eigenvalue weighted by Crippen LogP contribution is -2.48. The molecule has 162 valence electrons. The fourth-order valence-electron chi connectivity index (χ4n) is 3.36. The first-order valence-electron chi connectivity index (χ1n) is 9.50. The van der Waals surface area contributed by atoms with Crippen LogP contribution in [-0.4, -0.2) is 62.7 Å². The molecule has 0 saturated carbocycles. The van der Waals surface area contributed by atoms with Gasteiger partial charge in [-0.2, -0.15) is 0 Å². The first-order valence-corrected chi connectivity index (χ1v) is 10.3. The molecule has 3 rings (SSSR count). The SMILES string of the molecule is COc1cc(NC(=O)CN2CCN(Cc3c(F)cccc3Cl)CC2)c(OC)cc1Cl. The molecule has 0 unspecified atom stereocenters. The van der Waals surface area contributed by atoms with Gasteiger partial charge in [0.25, 0.3) is 0 Å². The Morgan fingerprint density at radius 2 is 1.70 bits per heavy atom. The second kappa shape index (κ2) is 10.3. The predicted molar refractivity (Wildman–Crippen MR) is 116 cm³/mol. The van der Waals surface area contributed by atoms with Crippen LogP contribution in [0, 0.1) is 5.82 Å². The Hall–Kier alpha value is -2.06. The van der Waals surface area contributed by atoms with E-state index in [1.807, 2.05) is 0 Å². The number of rotatable bonds is 7. The summed E-state index contributed by atoms with van der Waals surface area (Å²) in [7, 11) is 3.02. The number of anilines is 1. The van der Waals surface area contributed by atoms with E-state index in [1.54, 1.807) is 24.3 Å². The van der Waals surface area contributed by atoms with Gasteiger partial charge < -0.3 is 14.8 Å². The molecule has 30 heavy (non-hydrogen) atoms.